The fourth-order valence-electron chi connectivity index (χ4n) is 1.86. The highest BCUT2D eigenvalue weighted by atomic mass is 16.5. The van der Waals surface area contributed by atoms with Gasteiger partial charge in [-0.15, -0.1) is 0 Å². The molecule has 0 saturated carbocycles. The van der Waals surface area contributed by atoms with Crippen LogP contribution in [0.4, 0.5) is 0 Å². The fraction of sp³-hybridized carbons (Fsp3) is 0.857. The molecule has 0 aromatic heterocycles. The highest BCUT2D eigenvalue weighted by Gasteiger charge is 2.11. The van der Waals surface area contributed by atoms with E-state index in [4.69, 9.17) is 5.11 Å². The zero-order chi connectivity index (χ0) is 14.5. The highest BCUT2D eigenvalue weighted by molar-refractivity contribution is 5.79. The molecule has 0 aliphatic carbocycles. The lowest BCUT2D eigenvalue weighted by Crippen LogP contribution is -2.28. The maximum Gasteiger partial charge on any atom is 0.303 e. The van der Waals surface area contributed by atoms with Gasteiger partial charge < -0.3 is 5.11 Å². The SMILES string of the molecule is CCCCCCCCCCN(O)C(=O)CCC(=O)O. The van der Waals surface area contributed by atoms with Crippen LogP contribution < -0.4 is 0 Å². The van der Waals surface area contributed by atoms with Crippen LogP contribution in [0.1, 0.15) is 71.1 Å². The van der Waals surface area contributed by atoms with Crippen molar-refractivity contribution in [3.63, 3.8) is 0 Å². The molecule has 0 aliphatic rings. The normalized spacial score (nSPS) is 10.4. The molecule has 0 bridgehead atoms. The van der Waals surface area contributed by atoms with Gasteiger partial charge in [-0.1, -0.05) is 51.9 Å². The second-order valence-corrected chi connectivity index (χ2v) is 4.89. The van der Waals surface area contributed by atoms with Gasteiger partial charge in [-0.05, 0) is 6.42 Å². The molecule has 0 unspecified atom stereocenters. The molecule has 1 amide bonds. The molecule has 0 aliphatic heterocycles. The van der Waals surface area contributed by atoms with Gasteiger partial charge in [0.25, 0.3) is 0 Å². The zero-order valence-corrected chi connectivity index (χ0v) is 11.9. The number of carbonyl (C=O) groups excluding carboxylic acids is 1. The minimum Gasteiger partial charge on any atom is -0.481 e. The molecule has 5 heteroatoms. The Bertz CT molecular complexity index is 256. The molecule has 0 fully saturated rings. The van der Waals surface area contributed by atoms with E-state index in [1.54, 1.807) is 0 Å². The second kappa shape index (κ2) is 12.0. The molecule has 19 heavy (non-hydrogen) atoms. The van der Waals surface area contributed by atoms with Crippen LogP contribution in [0.3, 0.4) is 0 Å². The first-order valence-corrected chi connectivity index (χ1v) is 7.29. The molecular formula is C14H27NO4. The lowest BCUT2D eigenvalue weighted by Gasteiger charge is -2.14. The zero-order valence-electron chi connectivity index (χ0n) is 11.9. The number of hydrogen-bond acceptors (Lipinski definition) is 3. The average molecular weight is 273 g/mol. The van der Waals surface area contributed by atoms with E-state index in [1.165, 1.54) is 32.1 Å². The number of carboxylic acids is 1. The Morgan fingerprint density at radius 1 is 0.895 bits per heavy atom. The van der Waals surface area contributed by atoms with Crippen molar-refractivity contribution in [2.75, 3.05) is 6.54 Å². The van der Waals surface area contributed by atoms with E-state index in [9.17, 15) is 14.8 Å². The number of unbranched alkanes of at least 4 members (excludes halogenated alkanes) is 7. The molecule has 0 saturated heterocycles. The third-order valence-corrected chi connectivity index (χ3v) is 3.06. The largest absolute Gasteiger partial charge is 0.481 e. The van der Waals surface area contributed by atoms with E-state index in [0.717, 1.165) is 19.3 Å². The van der Waals surface area contributed by atoms with Gasteiger partial charge in [0.1, 0.15) is 0 Å². The van der Waals surface area contributed by atoms with Crippen molar-refractivity contribution in [2.45, 2.75) is 71.1 Å². The summed E-state index contributed by atoms with van der Waals surface area (Å²) in [7, 11) is 0. The molecule has 112 valence electrons. The van der Waals surface area contributed by atoms with E-state index in [0.29, 0.717) is 11.6 Å². The van der Waals surface area contributed by atoms with Crippen LogP contribution in [0.25, 0.3) is 0 Å². The lowest BCUT2D eigenvalue weighted by atomic mass is 10.1. The summed E-state index contributed by atoms with van der Waals surface area (Å²) in [6.07, 6.45) is 8.82. The van der Waals surface area contributed by atoms with Gasteiger partial charge in [0.2, 0.25) is 5.91 Å². The van der Waals surface area contributed by atoms with Crippen LogP contribution in [0.2, 0.25) is 0 Å². The first-order valence-electron chi connectivity index (χ1n) is 7.29. The third-order valence-electron chi connectivity index (χ3n) is 3.06. The van der Waals surface area contributed by atoms with Crippen molar-refractivity contribution in [3.05, 3.63) is 0 Å². The second-order valence-electron chi connectivity index (χ2n) is 4.89. The van der Waals surface area contributed by atoms with E-state index in [-0.39, 0.29) is 12.8 Å². The van der Waals surface area contributed by atoms with Crippen LogP contribution in [0, 0.1) is 0 Å². The van der Waals surface area contributed by atoms with Gasteiger partial charge in [0.15, 0.2) is 0 Å². The Kier molecular flexibility index (Phi) is 11.3. The summed E-state index contributed by atoms with van der Waals surface area (Å²) in [4.78, 5) is 21.6. The highest BCUT2D eigenvalue weighted by Crippen LogP contribution is 2.08. The van der Waals surface area contributed by atoms with E-state index >= 15 is 0 Å². The minimum atomic E-state index is -1.02. The molecule has 2 N–H and O–H groups in total. The topological polar surface area (TPSA) is 77.8 Å². The van der Waals surface area contributed by atoms with Crippen LogP contribution in [0.5, 0.6) is 0 Å². The summed E-state index contributed by atoms with van der Waals surface area (Å²) < 4.78 is 0. The molecule has 0 aromatic carbocycles. The van der Waals surface area contributed by atoms with E-state index in [1.807, 2.05) is 0 Å². The summed E-state index contributed by atoms with van der Waals surface area (Å²) in [5.41, 5.74) is 0. The molecule has 0 atom stereocenters. The van der Waals surface area contributed by atoms with Crippen molar-refractivity contribution < 1.29 is 19.9 Å². The van der Waals surface area contributed by atoms with Crippen LogP contribution in [-0.2, 0) is 9.59 Å². The van der Waals surface area contributed by atoms with Crippen molar-refractivity contribution in [3.8, 4) is 0 Å². The van der Waals surface area contributed by atoms with Gasteiger partial charge in [-0.25, -0.2) is 5.06 Å². The van der Waals surface area contributed by atoms with E-state index in [2.05, 4.69) is 6.92 Å². The lowest BCUT2D eigenvalue weighted by molar-refractivity contribution is -0.166. The maximum absolute atomic E-state index is 11.3. The number of rotatable bonds is 12. The van der Waals surface area contributed by atoms with Gasteiger partial charge >= 0.3 is 5.97 Å². The van der Waals surface area contributed by atoms with Crippen molar-refractivity contribution in [1.29, 1.82) is 0 Å². The summed E-state index contributed by atoms with van der Waals surface area (Å²) in [6.45, 7) is 2.49. The predicted molar refractivity (Wildman–Crippen MR) is 73.0 cm³/mol. The smallest absolute Gasteiger partial charge is 0.303 e. The maximum atomic E-state index is 11.3. The molecule has 0 heterocycles. The van der Waals surface area contributed by atoms with Crippen LogP contribution in [0.15, 0.2) is 0 Å². The van der Waals surface area contributed by atoms with Crippen molar-refractivity contribution in [1.82, 2.24) is 5.06 Å². The fourth-order valence-corrected chi connectivity index (χ4v) is 1.86. The molecule has 0 aromatic rings. The Morgan fingerprint density at radius 2 is 1.42 bits per heavy atom. The number of amides is 1. The Hall–Kier alpha value is -1.10. The molecule has 5 nitrogen and oxygen atoms in total. The third kappa shape index (κ3) is 11.7. The number of carboxylic acid groups (broad SMARTS) is 1. The standard InChI is InChI=1S/C14H27NO4/c1-2-3-4-5-6-7-8-9-12-15(19)13(16)10-11-14(17)18/h19H,2-12H2,1H3,(H,17,18). The number of carbonyl (C=O) groups is 2. The molecule has 0 spiro atoms. The van der Waals surface area contributed by atoms with Crippen LogP contribution in [-0.4, -0.2) is 33.8 Å². The summed E-state index contributed by atoms with van der Waals surface area (Å²) in [5.74, 6) is -1.53. The van der Waals surface area contributed by atoms with Crippen LogP contribution >= 0.6 is 0 Å². The van der Waals surface area contributed by atoms with Gasteiger partial charge in [0.05, 0.1) is 6.42 Å². The first kappa shape index (κ1) is 17.9. The van der Waals surface area contributed by atoms with Crippen molar-refractivity contribution in [2.24, 2.45) is 0 Å². The predicted octanol–water partition coefficient (Wildman–Crippen LogP) is 3.21. The summed E-state index contributed by atoms with van der Waals surface area (Å²) in [5, 5.41) is 18.5. The van der Waals surface area contributed by atoms with Gasteiger partial charge in [-0.3, -0.25) is 14.8 Å². The Balaban J connectivity index is 3.39. The summed E-state index contributed by atoms with van der Waals surface area (Å²) >= 11 is 0. The Labute approximate surface area is 115 Å². The number of nitrogens with zero attached hydrogens (tertiary/aromatic N) is 1. The Morgan fingerprint density at radius 3 is 1.95 bits per heavy atom. The monoisotopic (exact) mass is 273 g/mol. The van der Waals surface area contributed by atoms with Crippen molar-refractivity contribution >= 4 is 11.9 Å². The van der Waals surface area contributed by atoms with Gasteiger partial charge in [-0.2, -0.15) is 0 Å². The minimum absolute atomic E-state index is 0.136. The number of aliphatic carboxylic acids is 1. The molecular weight excluding hydrogens is 246 g/mol. The quantitative estimate of drug-likeness (QED) is 0.325. The number of hydroxylamine groups is 2. The summed E-state index contributed by atoms with van der Waals surface area (Å²) in [6, 6.07) is 0. The average Bonchev–Trinajstić information content (AvgIpc) is 2.38. The van der Waals surface area contributed by atoms with Gasteiger partial charge in [0, 0.05) is 13.0 Å². The van der Waals surface area contributed by atoms with E-state index < -0.39 is 11.9 Å². The first-order chi connectivity index (χ1) is 9.07. The molecule has 0 rings (SSSR count). The number of hydrogen-bond donors (Lipinski definition) is 2. The molecule has 0 radical (unpaired) electrons.